The number of carbonyl (C=O) groups is 2. The van der Waals surface area contributed by atoms with Gasteiger partial charge in [0.15, 0.2) is 0 Å². The van der Waals surface area contributed by atoms with E-state index >= 15 is 0 Å². The highest BCUT2D eigenvalue weighted by molar-refractivity contribution is 5.84. The summed E-state index contributed by atoms with van der Waals surface area (Å²) >= 11 is 0. The molecule has 6 nitrogen and oxygen atoms in total. The van der Waals surface area contributed by atoms with Gasteiger partial charge in [-0.2, -0.15) is 0 Å². The lowest BCUT2D eigenvalue weighted by atomic mass is 10.2. The number of hydrogen-bond donors (Lipinski definition) is 1. The van der Waals surface area contributed by atoms with Gasteiger partial charge in [0.2, 0.25) is 5.91 Å². The van der Waals surface area contributed by atoms with Gasteiger partial charge in [0, 0.05) is 38.1 Å². The van der Waals surface area contributed by atoms with Crippen LogP contribution in [0.2, 0.25) is 0 Å². The quantitative estimate of drug-likeness (QED) is 0.744. The summed E-state index contributed by atoms with van der Waals surface area (Å²) in [6, 6.07) is 3.85. The third kappa shape index (κ3) is 6.44. The molecule has 1 heterocycles. The van der Waals surface area contributed by atoms with Crippen LogP contribution >= 0.6 is 0 Å². The topological polar surface area (TPSA) is 57.6 Å². The molecule has 142 valence electrons. The second-order valence-corrected chi connectivity index (χ2v) is 7.00. The third-order valence-corrected chi connectivity index (χ3v) is 4.36. The van der Waals surface area contributed by atoms with E-state index in [1.165, 1.54) is 0 Å². The smallest absolute Gasteiger partial charge is 0.318 e. The van der Waals surface area contributed by atoms with Gasteiger partial charge in [-0.1, -0.05) is 20.8 Å². The lowest BCUT2D eigenvalue weighted by Crippen LogP contribution is -2.50. The van der Waals surface area contributed by atoms with Gasteiger partial charge in [0.25, 0.3) is 0 Å². The molecule has 1 atom stereocenters. The predicted molar refractivity (Wildman–Crippen MR) is 101 cm³/mol. The predicted octanol–water partition coefficient (Wildman–Crippen LogP) is 2.84. The maximum atomic E-state index is 13.0. The van der Waals surface area contributed by atoms with Crippen LogP contribution in [0.3, 0.4) is 0 Å². The molecule has 6 heteroatoms. The molecule has 0 aliphatic heterocycles. The number of nitrogens with zero attached hydrogens (tertiary/aromatic N) is 3. The molecule has 1 N–H and O–H groups in total. The number of hydrogen-bond acceptors (Lipinski definition) is 2. The number of aromatic nitrogens is 1. The van der Waals surface area contributed by atoms with E-state index in [1.54, 1.807) is 4.90 Å². The van der Waals surface area contributed by atoms with Gasteiger partial charge in [-0.3, -0.25) is 4.79 Å². The molecule has 0 saturated heterocycles. The molecule has 0 aliphatic carbocycles. The van der Waals surface area contributed by atoms with Crippen LogP contribution < -0.4 is 5.32 Å². The van der Waals surface area contributed by atoms with Crippen molar-refractivity contribution in [2.45, 2.75) is 53.6 Å². The first-order chi connectivity index (χ1) is 11.8. The maximum absolute atomic E-state index is 13.0. The average Bonchev–Trinajstić information content (AvgIpc) is 2.95. The molecule has 1 aromatic rings. The van der Waals surface area contributed by atoms with Crippen molar-refractivity contribution in [3.63, 3.8) is 0 Å². The molecule has 1 rings (SSSR count). The van der Waals surface area contributed by atoms with Crippen molar-refractivity contribution in [1.82, 2.24) is 19.7 Å². The zero-order valence-corrected chi connectivity index (χ0v) is 16.6. The van der Waals surface area contributed by atoms with E-state index in [1.807, 2.05) is 55.6 Å². The Morgan fingerprint density at radius 2 is 1.92 bits per heavy atom. The number of rotatable bonds is 9. The Balaban J connectivity index is 2.90. The van der Waals surface area contributed by atoms with Crippen molar-refractivity contribution in [1.29, 1.82) is 0 Å². The lowest BCUT2D eigenvalue weighted by Gasteiger charge is -2.32. The van der Waals surface area contributed by atoms with Crippen molar-refractivity contribution in [2.75, 3.05) is 19.6 Å². The maximum Gasteiger partial charge on any atom is 0.318 e. The van der Waals surface area contributed by atoms with Crippen LogP contribution in [0.15, 0.2) is 18.3 Å². The van der Waals surface area contributed by atoms with Gasteiger partial charge in [0.1, 0.15) is 6.54 Å². The van der Waals surface area contributed by atoms with Crippen molar-refractivity contribution in [3.8, 4) is 0 Å². The molecule has 1 aromatic heterocycles. The molecular weight excluding hydrogens is 316 g/mol. The summed E-state index contributed by atoms with van der Waals surface area (Å²) in [5, 5.41) is 2.81. The van der Waals surface area contributed by atoms with Crippen LogP contribution in [0.25, 0.3) is 0 Å². The van der Waals surface area contributed by atoms with Gasteiger partial charge < -0.3 is 19.7 Å². The van der Waals surface area contributed by atoms with E-state index in [4.69, 9.17) is 0 Å². The third-order valence-electron chi connectivity index (χ3n) is 4.36. The zero-order valence-electron chi connectivity index (χ0n) is 16.6. The highest BCUT2D eigenvalue weighted by Gasteiger charge is 2.25. The van der Waals surface area contributed by atoms with Crippen molar-refractivity contribution in [3.05, 3.63) is 24.0 Å². The molecule has 1 unspecified atom stereocenters. The average molecular weight is 351 g/mol. The first-order valence-corrected chi connectivity index (χ1v) is 9.22. The molecule has 0 spiro atoms. The standard InChI is InChI=1S/C19H34N4O2/c1-7-16(5)23(19(25)20-8-2)14-18(24)22(12-15(3)4)13-17-10-9-11-21(17)6/h9-11,15-16H,7-8,12-14H2,1-6H3,(H,20,25). The van der Waals surface area contributed by atoms with E-state index in [0.29, 0.717) is 25.6 Å². The zero-order chi connectivity index (χ0) is 19.0. The number of urea groups is 1. The van der Waals surface area contributed by atoms with Crippen LogP contribution in [0, 0.1) is 5.92 Å². The van der Waals surface area contributed by atoms with Gasteiger partial charge in [-0.15, -0.1) is 0 Å². The SMILES string of the molecule is CCNC(=O)N(CC(=O)N(Cc1cccn1C)CC(C)C)C(C)CC. The summed E-state index contributed by atoms with van der Waals surface area (Å²) in [4.78, 5) is 28.8. The van der Waals surface area contributed by atoms with Crippen LogP contribution in [0.4, 0.5) is 4.79 Å². The second-order valence-electron chi connectivity index (χ2n) is 7.00. The summed E-state index contributed by atoms with van der Waals surface area (Å²) in [6.07, 6.45) is 2.79. The van der Waals surface area contributed by atoms with Gasteiger partial charge in [-0.25, -0.2) is 4.79 Å². The molecule has 25 heavy (non-hydrogen) atoms. The molecule has 0 fully saturated rings. The van der Waals surface area contributed by atoms with E-state index in [-0.39, 0.29) is 24.5 Å². The summed E-state index contributed by atoms with van der Waals surface area (Å²) in [6.45, 7) is 12.0. The fraction of sp³-hybridized carbons (Fsp3) is 0.684. The largest absolute Gasteiger partial charge is 0.353 e. The number of carbonyl (C=O) groups excluding carboxylic acids is 2. The molecule has 0 bridgehead atoms. The van der Waals surface area contributed by atoms with Crippen LogP contribution in [-0.4, -0.2) is 52.0 Å². The molecular formula is C19H34N4O2. The minimum atomic E-state index is -0.173. The van der Waals surface area contributed by atoms with Crippen molar-refractivity contribution < 1.29 is 9.59 Å². The molecule has 0 radical (unpaired) electrons. The minimum Gasteiger partial charge on any atom is -0.353 e. The molecule has 0 aliphatic rings. The number of amides is 3. The molecule has 3 amide bonds. The Kier molecular flexibility index (Phi) is 8.52. The Bertz CT molecular complexity index is 553. The van der Waals surface area contributed by atoms with Crippen LogP contribution in [0.5, 0.6) is 0 Å². The molecule has 0 saturated carbocycles. The number of aryl methyl sites for hydroxylation is 1. The van der Waals surface area contributed by atoms with Crippen molar-refractivity contribution >= 4 is 11.9 Å². The van der Waals surface area contributed by atoms with E-state index < -0.39 is 0 Å². The monoisotopic (exact) mass is 350 g/mol. The van der Waals surface area contributed by atoms with Crippen LogP contribution in [-0.2, 0) is 18.4 Å². The summed E-state index contributed by atoms with van der Waals surface area (Å²) < 4.78 is 2.02. The van der Waals surface area contributed by atoms with E-state index in [9.17, 15) is 9.59 Å². The van der Waals surface area contributed by atoms with Gasteiger partial charge in [-0.05, 0) is 38.3 Å². The summed E-state index contributed by atoms with van der Waals surface area (Å²) in [7, 11) is 1.98. The second kappa shape index (κ2) is 10.1. The minimum absolute atomic E-state index is 0.0125. The van der Waals surface area contributed by atoms with Crippen molar-refractivity contribution in [2.24, 2.45) is 13.0 Å². The van der Waals surface area contributed by atoms with Gasteiger partial charge >= 0.3 is 6.03 Å². The lowest BCUT2D eigenvalue weighted by molar-refractivity contribution is -0.133. The Labute approximate surface area is 152 Å². The van der Waals surface area contributed by atoms with E-state index in [0.717, 1.165) is 12.1 Å². The Hall–Kier alpha value is -1.98. The normalized spacial score (nSPS) is 12.1. The highest BCUT2D eigenvalue weighted by Crippen LogP contribution is 2.11. The van der Waals surface area contributed by atoms with Gasteiger partial charge in [0.05, 0.1) is 6.54 Å². The fourth-order valence-electron chi connectivity index (χ4n) is 2.70. The molecule has 0 aromatic carbocycles. The highest BCUT2D eigenvalue weighted by atomic mass is 16.2. The number of nitrogens with one attached hydrogen (secondary N) is 1. The Morgan fingerprint density at radius 3 is 2.40 bits per heavy atom. The first kappa shape index (κ1) is 21.1. The Morgan fingerprint density at radius 1 is 1.24 bits per heavy atom. The van der Waals surface area contributed by atoms with E-state index in [2.05, 4.69) is 19.2 Å². The fourth-order valence-corrected chi connectivity index (χ4v) is 2.70. The summed E-state index contributed by atoms with van der Waals surface area (Å²) in [5.74, 6) is 0.354. The first-order valence-electron chi connectivity index (χ1n) is 9.22. The van der Waals surface area contributed by atoms with Crippen LogP contribution in [0.1, 0.15) is 46.7 Å². The summed E-state index contributed by atoms with van der Waals surface area (Å²) in [5.41, 5.74) is 1.09.